The van der Waals surface area contributed by atoms with Crippen LogP contribution in [0.15, 0.2) is 66.2 Å². The van der Waals surface area contributed by atoms with E-state index in [1.165, 1.54) is 4.90 Å². The molecule has 1 heterocycles. The van der Waals surface area contributed by atoms with Gasteiger partial charge in [0.2, 0.25) is 0 Å². The van der Waals surface area contributed by atoms with Gasteiger partial charge in [0.1, 0.15) is 18.3 Å². The van der Waals surface area contributed by atoms with E-state index in [-0.39, 0.29) is 32.0 Å². The van der Waals surface area contributed by atoms with Gasteiger partial charge in [-0.3, -0.25) is 14.5 Å². The summed E-state index contributed by atoms with van der Waals surface area (Å²) in [5.74, 6) is -1.18. The van der Waals surface area contributed by atoms with E-state index in [9.17, 15) is 14.4 Å². The molecule has 0 spiro atoms. The highest BCUT2D eigenvalue weighted by Crippen LogP contribution is 2.26. The Morgan fingerprint density at radius 2 is 1.68 bits per heavy atom. The normalized spacial score (nSPS) is 17.5. The van der Waals surface area contributed by atoms with Crippen molar-refractivity contribution in [2.75, 3.05) is 26.9 Å². The number of ether oxygens (including phenoxy) is 4. The molecule has 1 aliphatic rings. The third-order valence-electron chi connectivity index (χ3n) is 6.24. The highest BCUT2D eigenvalue weighted by Gasteiger charge is 2.47. The maximum Gasteiger partial charge on any atom is 0.410 e. The Hall–Kier alpha value is -3.65. The highest BCUT2D eigenvalue weighted by atomic mass is 16.6. The molecule has 1 amide bonds. The highest BCUT2D eigenvalue weighted by molar-refractivity contribution is 6.05. The van der Waals surface area contributed by atoms with Crippen molar-refractivity contribution >= 4 is 17.8 Å². The summed E-state index contributed by atoms with van der Waals surface area (Å²) in [5.41, 5.74) is 2.85. The average Bonchev–Trinajstić information content (AvgIpc) is 3.26. The van der Waals surface area contributed by atoms with E-state index in [4.69, 9.17) is 18.9 Å². The number of carbonyl (C=O) groups excluding carboxylic acids is 3. The Morgan fingerprint density at radius 1 is 0.973 bits per heavy atom. The monoisotopic (exact) mass is 509 g/mol. The van der Waals surface area contributed by atoms with E-state index in [1.807, 2.05) is 67.6 Å². The number of esters is 1. The van der Waals surface area contributed by atoms with Crippen LogP contribution in [0.1, 0.15) is 37.8 Å². The molecule has 37 heavy (non-hydrogen) atoms. The van der Waals surface area contributed by atoms with Crippen LogP contribution in [0.25, 0.3) is 0 Å². The van der Waals surface area contributed by atoms with Gasteiger partial charge in [0.05, 0.1) is 33.0 Å². The van der Waals surface area contributed by atoms with Crippen LogP contribution < -0.4 is 4.74 Å². The first-order valence-corrected chi connectivity index (χ1v) is 12.5. The Balaban J connectivity index is 1.64. The minimum atomic E-state index is -1.01. The largest absolute Gasteiger partial charge is 0.497 e. The number of rotatable bonds is 12. The quantitative estimate of drug-likeness (QED) is 0.233. The van der Waals surface area contributed by atoms with Crippen molar-refractivity contribution in [3.63, 3.8) is 0 Å². The Bertz CT molecular complexity index is 1070. The van der Waals surface area contributed by atoms with Crippen molar-refractivity contribution in [3.8, 4) is 5.75 Å². The number of Topliss-reactive ketones (excluding diaryl/α,β-unsaturated/α-hetero) is 1. The first-order valence-electron chi connectivity index (χ1n) is 12.5. The summed E-state index contributed by atoms with van der Waals surface area (Å²) < 4.78 is 21.6. The van der Waals surface area contributed by atoms with Gasteiger partial charge in [0.25, 0.3) is 0 Å². The van der Waals surface area contributed by atoms with E-state index in [0.29, 0.717) is 13.2 Å². The number of methoxy groups -OCH3 is 1. The molecule has 2 aromatic rings. The van der Waals surface area contributed by atoms with E-state index in [2.05, 4.69) is 0 Å². The van der Waals surface area contributed by atoms with Gasteiger partial charge in [-0.2, -0.15) is 0 Å². The molecule has 2 atom stereocenters. The van der Waals surface area contributed by atoms with Crippen molar-refractivity contribution in [1.29, 1.82) is 0 Å². The molecule has 1 fully saturated rings. The summed E-state index contributed by atoms with van der Waals surface area (Å²) in [6.45, 7) is 4.71. The predicted molar refractivity (Wildman–Crippen MR) is 138 cm³/mol. The first kappa shape index (κ1) is 27.9. The molecule has 1 saturated heterocycles. The zero-order valence-electron chi connectivity index (χ0n) is 21.7. The van der Waals surface area contributed by atoms with Crippen LogP contribution in [0.4, 0.5) is 4.79 Å². The van der Waals surface area contributed by atoms with Crippen molar-refractivity contribution in [2.45, 2.75) is 45.9 Å². The minimum Gasteiger partial charge on any atom is -0.497 e. The lowest BCUT2D eigenvalue weighted by Crippen LogP contribution is -2.38. The predicted octanol–water partition coefficient (Wildman–Crippen LogP) is 4.71. The molecule has 0 aliphatic carbocycles. The lowest BCUT2D eigenvalue weighted by Gasteiger charge is -2.22. The van der Waals surface area contributed by atoms with Gasteiger partial charge in [0.15, 0.2) is 5.78 Å². The average molecular weight is 510 g/mol. The number of hydrogen-bond donors (Lipinski definition) is 0. The third-order valence-corrected chi connectivity index (χ3v) is 6.24. The topological polar surface area (TPSA) is 91.4 Å². The molecule has 0 bridgehead atoms. The molecule has 0 aromatic heterocycles. The van der Waals surface area contributed by atoms with Gasteiger partial charge in [0, 0.05) is 6.54 Å². The molecule has 0 N–H and O–H groups in total. The molecule has 2 unspecified atom stereocenters. The second-order valence-corrected chi connectivity index (χ2v) is 8.71. The molecule has 8 nitrogen and oxygen atoms in total. The smallest absolute Gasteiger partial charge is 0.410 e. The third kappa shape index (κ3) is 7.92. The fraction of sp³-hybridized carbons (Fsp3) is 0.414. The van der Waals surface area contributed by atoms with Gasteiger partial charge < -0.3 is 18.9 Å². The second-order valence-electron chi connectivity index (χ2n) is 8.71. The fourth-order valence-electron chi connectivity index (χ4n) is 4.09. The minimum absolute atomic E-state index is 0.0563. The maximum absolute atomic E-state index is 13.1. The molecular formula is C29H35NO7. The maximum atomic E-state index is 13.1. The van der Waals surface area contributed by atoms with Crippen LogP contribution in [-0.4, -0.2) is 55.7 Å². The number of hydrogen-bond acceptors (Lipinski definition) is 7. The molecule has 2 aromatic carbocycles. The Labute approximate surface area is 218 Å². The summed E-state index contributed by atoms with van der Waals surface area (Å²) in [6, 6.07) is 16.1. The van der Waals surface area contributed by atoms with Crippen LogP contribution >= 0.6 is 0 Å². The molecule has 198 valence electrons. The van der Waals surface area contributed by atoms with Gasteiger partial charge in [-0.05, 0) is 48.6 Å². The molecule has 1 aliphatic heterocycles. The number of carbonyl (C=O) groups is 3. The Kier molecular flexibility index (Phi) is 10.7. The number of amides is 1. The standard InChI is InChI=1S/C29H35NO7/c1-4-21(18-35-19-23-11-14-24(34-3)15-12-23)13-16-26-27(31)25(28(32)36-5-2)17-30(26)29(33)37-20-22-9-7-6-8-10-22/h6-15,25-26H,4-5,16-20H2,1-3H3/b21-13-. The number of likely N-dealkylation sites (tertiary alicyclic amines) is 1. The van der Waals surface area contributed by atoms with Crippen LogP contribution in [0.5, 0.6) is 5.75 Å². The van der Waals surface area contributed by atoms with E-state index >= 15 is 0 Å². The van der Waals surface area contributed by atoms with Gasteiger partial charge in [-0.1, -0.05) is 55.5 Å². The fourth-order valence-corrected chi connectivity index (χ4v) is 4.09. The van der Waals surface area contributed by atoms with E-state index < -0.39 is 24.0 Å². The van der Waals surface area contributed by atoms with Crippen LogP contribution in [0, 0.1) is 5.92 Å². The molecular weight excluding hydrogens is 474 g/mol. The molecule has 8 heteroatoms. The number of ketones is 1. The molecule has 0 saturated carbocycles. The molecule has 0 radical (unpaired) electrons. The van der Waals surface area contributed by atoms with Gasteiger partial charge >= 0.3 is 12.1 Å². The summed E-state index contributed by atoms with van der Waals surface area (Å²) in [7, 11) is 1.62. The lowest BCUT2D eigenvalue weighted by atomic mass is 10.0. The summed E-state index contributed by atoms with van der Waals surface area (Å²) in [4.78, 5) is 39.8. The first-order chi connectivity index (χ1) is 18.0. The summed E-state index contributed by atoms with van der Waals surface area (Å²) >= 11 is 0. The van der Waals surface area contributed by atoms with E-state index in [1.54, 1.807) is 14.0 Å². The van der Waals surface area contributed by atoms with Crippen molar-refractivity contribution < 1.29 is 33.3 Å². The zero-order valence-corrected chi connectivity index (χ0v) is 21.7. The summed E-state index contributed by atoms with van der Waals surface area (Å²) in [5, 5.41) is 0. The number of nitrogens with zero attached hydrogens (tertiary/aromatic N) is 1. The SMILES string of the molecule is CCOC(=O)C1CN(C(=O)OCc2ccccc2)C(C/C=C(/CC)COCc2ccc(OC)cc2)C1=O. The van der Waals surface area contributed by atoms with Crippen molar-refractivity contribution in [2.24, 2.45) is 5.92 Å². The second kappa shape index (κ2) is 14.2. The van der Waals surface area contributed by atoms with Crippen molar-refractivity contribution in [3.05, 3.63) is 77.4 Å². The Morgan fingerprint density at radius 3 is 2.32 bits per heavy atom. The van der Waals surface area contributed by atoms with Crippen molar-refractivity contribution in [1.82, 2.24) is 4.90 Å². The van der Waals surface area contributed by atoms with E-state index in [0.717, 1.165) is 28.9 Å². The van der Waals surface area contributed by atoms with Gasteiger partial charge in [-0.15, -0.1) is 0 Å². The van der Waals surface area contributed by atoms with Crippen LogP contribution in [0.3, 0.4) is 0 Å². The number of benzene rings is 2. The van der Waals surface area contributed by atoms with Crippen LogP contribution in [0.2, 0.25) is 0 Å². The summed E-state index contributed by atoms with van der Waals surface area (Å²) in [6.07, 6.45) is 2.28. The van der Waals surface area contributed by atoms with Crippen LogP contribution in [-0.2, 0) is 37.0 Å². The lowest BCUT2D eigenvalue weighted by molar-refractivity contribution is -0.150. The molecule has 3 rings (SSSR count). The van der Waals surface area contributed by atoms with Gasteiger partial charge in [-0.25, -0.2) is 4.79 Å². The zero-order chi connectivity index (χ0) is 26.6.